The summed E-state index contributed by atoms with van der Waals surface area (Å²) in [4.78, 5) is 8.58. The lowest BCUT2D eigenvalue weighted by Crippen LogP contribution is -2.37. The second-order valence-corrected chi connectivity index (χ2v) is 6.09. The van der Waals surface area contributed by atoms with Crippen molar-refractivity contribution in [1.82, 2.24) is 15.6 Å². The molecule has 1 aromatic rings. The number of nitrogens with zero attached hydrogens (tertiary/aromatic N) is 2. The molecule has 0 amide bonds. The van der Waals surface area contributed by atoms with Gasteiger partial charge in [0.15, 0.2) is 5.96 Å². The molecule has 0 spiro atoms. The highest BCUT2D eigenvalue weighted by Gasteiger charge is 2.16. The van der Waals surface area contributed by atoms with Crippen molar-refractivity contribution >= 4 is 5.96 Å². The standard InChI is InChI=1S/C18H30N4O/c1-3-4-7-11-21-18(19-2)22-14-15-10-12-20-17(13-15)23-16-8-5-6-9-16/h10,12-13,16H,3-9,11,14H2,1-2H3,(H2,19,21,22). The molecule has 0 aromatic carbocycles. The van der Waals surface area contributed by atoms with Crippen LogP contribution in [0, 0.1) is 0 Å². The van der Waals surface area contributed by atoms with Gasteiger partial charge < -0.3 is 15.4 Å². The summed E-state index contributed by atoms with van der Waals surface area (Å²) in [5, 5.41) is 6.68. The fourth-order valence-electron chi connectivity index (χ4n) is 2.79. The van der Waals surface area contributed by atoms with Crippen LogP contribution in [0.5, 0.6) is 5.88 Å². The zero-order valence-electron chi connectivity index (χ0n) is 14.5. The lowest BCUT2D eigenvalue weighted by Gasteiger charge is -2.14. The van der Waals surface area contributed by atoms with Crippen molar-refractivity contribution in [2.24, 2.45) is 4.99 Å². The molecule has 0 bridgehead atoms. The Morgan fingerprint density at radius 2 is 2.13 bits per heavy atom. The van der Waals surface area contributed by atoms with Gasteiger partial charge in [0.05, 0.1) is 0 Å². The number of hydrogen-bond donors (Lipinski definition) is 2. The summed E-state index contributed by atoms with van der Waals surface area (Å²) < 4.78 is 5.96. The molecule has 2 rings (SSSR count). The minimum atomic E-state index is 0.346. The van der Waals surface area contributed by atoms with Gasteiger partial charge >= 0.3 is 0 Å². The summed E-state index contributed by atoms with van der Waals surface area (Å²) >= 11 is 0. The zero-order chi connectivity index (χ0) is 16.3. The number of aliphatic imine (C=N–C) groups is 1. The third-order valence-corrected chi connectivity index (χ3v) is 4.15. The maximum atomic E-state index is 5.96. The number of rotatable bonds is 8. The molecule has 1 heterocycles. The zero-order valence-corrected chi connectivity index (χ0v) is 14.5. The predicted octanol–water partition coefficient (Wildman–Crippen LogP) is 3.26. The normalized spacial score (nSPS) is 15.7. The molecule has 23 heavy (non-hydrogen) atoms. The average Bonchev–Trinajstić information content (AvgIpc) is 3.07. The van der Waals surface area contributed by atoms with Crippen LogP contribution in [0.25, 0.3) is 0 Å². The SMILES string of the molecule is CCCCCNC(=NC)NCc1ccnc(OC2CCCC2)c1. The molecule has 0 unspecified atom stereocenters. The highest BCUT2D eigenvalue weighted by Crippen LogP contribution is 2.23. The maximum absolute atomic E-state index is 5.96. The van der Waals surface area contributed by atoms with Gasteiger partial charge in [-0.1, -0.05) is 19.8 Å². The largest absolute Gasteiger partial charge is 0.474 e. The first kappa shape index (κ1) is 17.6. The van der Waals surface area contributed by atoms with Crippen LogP contribution in [0.3, 0.4) is 0 Å². The van der Waals surface area contributed by atoms with E-state index in [1.165, 1.54) is 32.1 Å². The molecule has 1 aliphatic rings. The van der Waals surface area contributed by atoms with Gasteiger partial charge in [-0.25, -0.2) is 4.98 Å². The minimum absolute atomic E-state index is 0.346. The van der Waals surface area contributed by atoms with E-state index in [4.69, 9.17) is 4.74 Å². The number of ether oxygens (including phenoxy) is 1. The van der Waals surface area contributed by atoms with E-state index in [0.29, 0.717) is 6.10 Å². The average molecular weight is 318 g/mol. The van der Waals surface area contributed by atoms with E-state index in [9.17, 15) is 0 Å². The molecule has 2 N–H and O–H groups in total. The van der Waals surface area contributed by atoms with Gasteiger partial charge in [-0.2, -0.15) is 0 Å². The van der Waals surface area contributed by atoms with Crippen molar-refractivity contribution in [3.05, 3.63) is 23.9 Å². The summed E-state index contributed by atoms with van der Waals surface area (Å²) in [6, 6.07) is 4.04. The fourth-order valence-corrected chi connectivity index (χ4v) is 2.79. The van der Waals surface area contributed by atoms with Gasteiger partial charge in [0.2, 0.25) is 5.88 Å². The van der Waals surface area contributed by atoms with Gasteiger partial charge in [0, 0.05) is 32.4 Å². The first-order valence-electron chi connectivity index (χ1n) is 8.88. The van der Waals surface area contributed by atoms with Gasteiger partial charge in [-0.15, -0.1) is 0 Å². The molecule has 1 saturated carbocycles. The Morgan fingerprint density at radius 1 is 1.30 bits per heavy atom. The Labute approximate surface area is 139 Å². The summed E-state index contributed by atoms with van der Waals surface area (Å²) in [6.07, 6.45) is 10.7. The van der Waals surface area contributed by atoms with E-state index in [1.54, 1.807) is 7.05 Å². The Hall–Kier alpha value is -1.78. The quantitative estimate of drug-likeness (QED) is 0.439. The molecule has 5 nitrogen and oxygen atoms in total. The van der Waals surface area contributed by atoms with Crippen LogP contribution in [0.15, 0.2) is 23.3 Å². The van der Waals surface area contributed by atoms with Crippen LogP contribution in [-0.2, 0) is 6.54 Å². The molecule has 0 radical (unpaired) electrons. The second kappa shape index (κ2) is 10.1. The van der Waals surface area contributed by atoms with E-state index in [-0.39, 0.29) is 0 Å². The Morgan fingerprint density at radius 3 is 2.87 bits per heavy atom. The second-order valence-electron chi connectivity index (χ2n) is 6.09. The molecule has 0 atom stereocenters. The molecule has 128 valence electrons. The predicted molar refractivity (Wildman–Crippen MR) is 94.8 cm³/mol. The highest BCUT2D eigenvalue weighted by atomic mass is 16.5. The van der Waals surface area contributed by atoms with E-state index in [2.05, 4.69) is 27.5 Å². The van der Waals surface area contributed by atoms with Gasteiger partial charge in [-0.3, -0.25) is 4.99 Å². The van der Waals surface area contributed by atoms with Crippen LogP contribution >= 0.6 is 0 Å². The van der Waals surface area contributed by atoms with E-state index < -0.39 is 0 Å². The lowest BCUT2D eigenvalue weighted by molar-refractivity contribution is 0.201. The molecule has 1 fully saturated rings. The molecule has 1 aliphatic carbocycles. The Bertz CT molecular complexity index is 484. The van der Waals surface area contributed by atoms with Crippen molar-refractivity contribution < 1.29 is 4.74 Å². The Balaban J connectivity index is 1.77. The minimum Gasteiger partial charge on any atom is -0.474 e. The molecule has 1 aromatic heterocycles. The van der Waals surface area contributed by atoms with E-state index >= 15 is 0 Å². The topological polar surface area (TPSA) is 58.5 Å². The molecular weight excluding hydrogens is 288 g/mol. The summed E-state index contributed by atoms with van der Waals surface area (Å²) in [5.41, 5.74) is 1.16. The third-order valence-electron chi connectivity index (χ3n) is 4.15. The van der Waals surface area contributed by atoms with Gasteiger partial charge in [0.25, 0.3) is 0 Å². The molecule has 0 aliphatic heterocycles. The van der Waals surface area contributed by atoms with Gasteiger partial charge in [0.1, 0.15) is 6.10 Å². The molecule has 0 saturated heterocycles. The number of pyridine rings is 1. The molecular formula is C18H30N4O. The third kappa shape index (κ3) is 6.47. The Kier molecular flexibility index (Phi) is 7.70. The lowest BCUT2D eigenvalue weighted by atomic mass is 10.2. The number of unbranched alkanes of at least 4 members (excludes halogenated alkanes) is 2. The summed E-state index contributed by atoms with van der Waals surface area (Å²) in [6.45, 7) is 3.89. The number of hydrogen-bond acceptors (Lipinski definition) is 3. The number of aromatic nitrogens is 1. The van der Waals surface area contributed by atoms with Crippen molar-refractivity contribution in [1.29, 1.82) is 0 Å². The first-order chi connectivity index (χ1) is 11.3. The summed E-state index contributed by atoms with van der Waals surface area (Å²) in [7, 11) is 1.80. The summed E-state index contributed by atoms with van der Waals surface area (Å²) in [5.74, 6) is 1.58. The van der Waals surface area contributed by atoms with Crippen LogP contribution in [0.4, 0.5) is 0 Å². The van der Waals surface area contributed by atoms with Crippen molar-refractivity contribution in [3.63, 3.8) is 0 Å². The van der Waals surface area contributed by atoms with Crippen LogP contribution < -0.4 is 15.4 Å². The molecule has 5 heteroatoms. The smallest absolute Gasteiger partial charge is 0.213 e. The van der Waals surface area contributed by atoms with E-state index in [1.807, 2.05) is 18.3 Å². The number of guanidine groups is 1. The van der Waals surface area contributed by atoms with Gasteiger partial charge in [-0.05, 0) is 43.7 Å². The maximum Gasteiger partial charge on any atom is 0.213 e. The van der Waals surface area contributed by atoms with Crippen molar-refractivity contribution in [2.75, 3.05) is 13.6 Å². The van der Waals surface area contributed by atoms with Crippen LogP contribution in [0.1, 0.15) is 57.4 Å². The van der Waals surface area contributed by atoms with Crippen LogP contribution in [0.2, 0.25) is 0 Å². The fraction of sp³-hybridized carbons (Fsp3) is 0.667. The van der Waals surface area contributed by atoms with E-state index in [0.717, 1.165) is 43.3 Å². The van der Waals surface area contributed by atoms with Crippen LogP contribution in [-0.4, -0.2) is 30.6 Å². The van der Waals surface area contributed by atoms with Crippen molar-refractivity contribution in [3.8, 4) is 5.88 Å². The highest BCUT2D eigenvalue weighted by molar-refractivity contribution is 5.79. The number of nitrogens with one attached hydrogen (secondary N) is 2. The van der Waals surface area contributed by atoms with Crippen molar-refractivity contribution in [2.45, 2.75) is 64.5 Å². The first-order valence-corrected chi connectivity index (χ1v) is 8.88. The monoisotopic (exact) mass is 318 g/mol.